The van der Waals surface area contributed by atoms with E-state index in [9.17, 15) is 14.4 Å². The van der Waals surface area contributed by atoms with Gasteiger partial charge in [0.15, 0.2) is 0 Å². The van der Waals surface area contributed by atoms with Crippen LogP contribution in [0.25, 0.3) is 10.2 Å². The van der Waals surface area contributed by atoms with Crippen LogP contribution in [0.2, 0.25) is 0 Å². The number of nitrogens with one attached hydrogen (secondary N) is 1. The zero-order valence-corrected chi connectivity index (χ0v) is 11.5. The van der Waals surface area contributed by atoms with Crippen LogP contribution < -0.4 is 11.2 Å². The lowest BCUT2D eigenvalue weighted by molar-refractivity contribution is -0.143. The van der Waals surface area contributed by atoms with Crippen molar-refractivity contribution in [3.63, 3.8) is 0 Å². The fourth-order valence-corrected chi connectivity index (χ4v) is 2.76. The highest BCUT2D eigenvalue weighted by atomic mass is 32.1. The van der Waals surface area contributed by atoms with Crippen molar-refractivity contribution in [2.75, 3.05) is 6.61 Å². The summed E-state index contributed by atoms with van der Waals surface area (Å²) in [6, 6.07) is 0. The SMILES string of the molecule is CCOC(=O)CCn1c(=O)[nH]c2scc(C)c2c1=O. The van der Waals surface area contributed by atoms with Gasteiger partial charge in [-0.05, 0) is 24.8 Å². The van der Waals surface area contributed by atoms with Crippen LogP contribution in [0.3, 0.4) is 0 Å². The number of rotatable bonds is 4. The summed E-state index contributed by atoms with van der Waals surface area (Å²) >= 11 is 1.32. The fourth-order valence-electron chi connectivity index (χ4n) is 1.83. The molecule has 0 aliphatic carbocycles. The van der Waals surface area contributed by atoms with Crippen molar-refractivity contribution in [1.29, 1.82) is 0 Å². The van der Waals surface area contributed by atoms with Crippen LogP contribution in [-0.2, 0) is 16.1 Å². The second-order valence-corrected chi connectivity index (χ2v) is 4.94. The second kappa shape index (κ2) is 5.40. The molecule has 2 aromatic heterocycles. The summed E-state index contributed by atoms with van der Waals surface area (Å²) in [7, 11) is 0. The zero-order chi connectivity index (χ0) is 14.0. The van der Waals surface area contributed by atoms with E-state index in [1.807, 2.05) is 12.3 Å². The van der Waals surface area contributed by atoms with E-state index in [-0.39, 0.29) is 25.1 Å². The number of aromatic amines is 1. The van der Waals surface area contributed by atoms with Gasteiger partial charge in [-0.15, -0.1) is 11.3 Å². The van der Waals surface area contributed by atoms with Crippen molar-refractivity contribution in [3.05, 3.63) is 31.8 Å². The molecule has 102 valence electrons. The predicted octanol–water partition coefficient (Wildman–Crippen LogP) is 1.01. The van der Waals surface area contributed by atoms with Crippen LogP contribution in [-0.4, -0.2) is 22.1 Å². The Kier molecular flexibility index (Phi) is 3.84. The fraction of sp³-hybridized carbons (Fsp3) is 0.417. The summed E-state index contributed by atoms with van der Waals surface area (Å²) in [5.41, 5.74) is -0.0309. The van der Waals surface area contributed by atoms with Crippen molar-refractivity contribution in [1.82, 2.24) is 9.55 Å². The second-order valence-electron chi connectivity index (χ2n) is 4.06. The Balaban J connectivity index is 2.38. The number of esters is 1. The monoisotopic (exact) mass is 282 g/mol. The van der Waals surface area contributed by atoms with Crippen molar-refractivity contribution < 1.29 is 9.53 Å². The standard InChI is InChI=1S/C12H14N2O4S/c1-3-18-8(15)4-5-14-11(16)9-7(2)6-19-10(9)13-12(14)17/h6H,3-5H2,1-2H3,(H,13,17). The summed E-state index contributed by atoms with van der Waals surface area (Å²) in [5.74, 6) is -0.420. The third-order valence-electron chi connectivity index (χ3n) is 2.74. The number of nitrogens with zero attached hydrogens (tertiary/aromatic N) is 1. The van der Waals surface area contributed by atoms with Crippen molar-refractivity contribution in [2.45, 2.75) is 26.8 Å². The van der Waals surface area contributed by atoms with Crippen molar-refractivity contribution >= 4 is 27.5 Å². The molecule has 2 aromatic rings. The third kappa shape index (κ3) is 2.60. The van der Waals surface area contributed by atoms with Gasteiger partial charge in [0.2, 0.25) is 0 Å². The van der Waals surface area contributed by atoms with Crippen molar-refractivity contribution in [3.8, 4) is 0 Å². The first-order valence-electron chi connectivity index (χ1n) is 5.91. The molecule has 0 bridgehead atoms. The van der Waals surface area contributed by atoms with Gasteiger partial charge in [-0.25, -0.2) is 4.79 Å². The molecule has 2 rings (SSSR count). The molecular weight excluding hydrogens is 268 g/mol. The smallest absolute Gasteiger partial charge is 0.329 e. The van der Waals surface area contributed by atoms with E-state index in [1.54, 1.807) is 6.92 Å². The van der Waals surface area contributed by atoms with Crippen LogP contribution in [0.15, 0.2) is 15.0 Å². The van der Waals surface area contributed by atoms with E-state index < -0.39 is 11.7 Å². The Bertz CT molecular complexity index is 725. The maximum Gasteiger partial charge on any atom is 0.329 e. The Morgan fingerprint density at radius 2 is 2.21 bits per heavy atom. The maximum atomic E-state index is 12.2. The average Bonchev–Trinajstić information content (AvgIpc) is 2.70. The Morgan fingerprint density at radius 3 is 2.89 bits per heavy atom. The minimum atomic E-state index is -0.497. The Labute approximate surface area is 112 Å². The zero-order valence-electron chi connectivity index (χ0n) is 10.7. The summed E-state index contributed by atoms with van der Waals surface area (Å²) in [6.07, 6.45) is 0.00547. The molecule has 19 heavy (non-hydrogen) atoms. The van der Waals surface area contributed by atoms with E-state index in [0.29, 0.717) is 10.2 Å². The lowest BCUT2D eigenvalue weighted by Crippen LogP contribution is -2.35. The topological polar surface area (TPSA) is 81.2 Å². The molecular formula is C12H14N2O4S. The van der Waals surface area contributed by atoms with Gasteiger partial charge in [-0.1, -0.05) is 0 Å². The number of carbonyl (C=O) groups excluding carboxylic acids is 1. The van der Waals surface area contributed by atoms with Gasteiger partial charge in [-0.3, -0.25) is 19.1 Å². The molecule has 0 fully saturated rings. The van der Waals surface area contributed by atoms with E-state index >= 15 is 0 Å². The van der Waals surface area contributed by atoms with Gasteiger partial charge in [0, 0.05) is 6.54 Å². The normalized spacial score (nSPS) is 10.8. The molecule has 0 atom stereocenters. The molecule has 0 spiro atoms. The number of hydrogen-bond donors (Lipinski definition) is 1. The molecule has 0 aliphatic rings. The number of H-pyrrole nitrogens is 1. The van der Waals surface area contributed by atoms with Crippen LogP contribution in [0.4, 0.5) is 0 Å². The third-order valence-corrected chi connectivity index (χ3v) is 3.76. The highest BCUT2D eigenvalue weighted by Crippen LogP contribution is 2.18. The van der Waals surface area contributed by atoms with E-state index in [2.05, 4.69) is 4.98 Å². The maximum absolute atomic E-state index is 12.2. The number of hydrogen-bond acceptors (Lipinski definition) is 5. The number of aromatic nitrogens is 2. The molecule has 7 heteroatoms. The molecule has 2 heterocycles. The minimum absolute atomic E-state index is 0.00547. The quantitative estimate of drug-likeness (QED) is 0.849. The number of thiophene rings is 1. The van der Waals surface area contributed by atoms with Crippen LogP contribution >= 0.6 is 11.3 Å². The molecule has 1 N–H and O–H groups in total. The first-order valence-corrected chi connectivity index (χ1v) is 6.79. The molecule has 0 aromatic carbocycles. The molecule has 0 saturated carbocycles. The van der Waals surface area contributed by atoms with Gasteiger partial charge in [0.1, 0.15) is 4.83 Å². The van der Waals surface area contributed by atoms with Crippen LogP contribution in [0, 0.1) is 6.92 Å². The number of ether oxygens (including phenoxy) is 1. The highest BCUT2D eigenvalue weighted by molar-refractivity contribution is 7.16. The van der Waals surface area contributed by atoms with Gasteiger partial charge >= 0.3 is 11.7 Å². The summed E-state index contributed by atoms with van der Waals surface area (Å²) in [6.45, 7) is 3.83. The molecule has 0 radical (unpaired) electrons. The summed E-state index contributed by atoms with van der Waals surface area (Å²) in [5, 5.41) is 2.32. The lowest BCUT2D eigenvalue weighted by atomic mass is 10.3. The highest BCUT2D eigenvalue weighted by Gasteiger charge is 2.12. The number of fused-ring (bicyclic) bond motifs is 1. The molecule has 6 nitrogen and oxygen atoms in total. The van der Waals surface area contributed by atoms with Gasteiger partial charge in [-0.2, -0.15) is 0 Å². The molecule has 0 saturated heterocycles. The van der Waals surface area contributed by atoms with Crippen LogP contribution in [0.5, 0.6) is 0 Å². The van der Waals surface area contributed by atoms with Crippen LogP contribution in [0.1, 0.15) is 18.9 Å². The molecule has 0 amide bonds. The Hall–Kier alpha value is -1.89. The van der Waals surface area contributed by atoms with E-state index in [1.165, 1.54) is 11.3 Å². The largest absolute Gasteiger partial charge is 0.466 e. The predicted molar refractivity (Wildman–Crippen MR) is 72.7 cm³/mol. The van der Waals surface area contributed by atoms with Gasteiger partial charge in [0.05, 0.1) is 18.4 Å². The van der Waals surface area contributed by atoms with E-state index in [0.717, 1.165) is 10.1 Å². The lowest BCUT2D eigenvalue weighted by Gasteiger charge is -2.05. The van der Waals surface area contributed by atoms with Gasteiger partial charge < -0.3 is 4.74 Å². The molecule has 0 unspecified atom stereocenters. The van der Waals surface area contributed by atoms with Crippen molar-refractivity contribution in [2.24, 2.45) is 0 Å². The first kappa shape index (κ1) is 13.5. The average molecular weight is 282 g/mol. The number of aryl methyl sites for hydroxylation is 1. The first-order chi connectivity index (χ1) is 9.04. The molecule has 0 aliphatic heterocycles. The van der Waals surface area contributed by atoms with Gasteiger partial charge in [0.25, 0.3) is 5.56 Å². The summed E-state index contributed by atoms with van der Waals surface area (Å²) in [4.78, 5) is 38.5. The minimum Gasteiger partial charge on any atom is -0.466 e. The summed E-state index contributed by atoms with van der Waals surface area (Å²) < 4.78 is 5.82. The van der Waals surface area contributed by atoms with E-state index in [4.69, 9.17) is 4.74 Å². The Morgan fingerprint density at radius 1 is 1.47 bits per heavy atom. The number of carbonyl (C=O) groups is 1.